The van der Waals surface area contributed by atoms with Crippen molar-refractivity contribution in [2.24, 2.45) is 12.8 Å². The Morgan fingerprint density at radius 2 is 1.89 bits per heavy atom. The Labute approximate surface area is 206 Å². The highest BCUT2D eigenvalue weighted by Gasteiger charge is 2.18. The molecule has 0 bridgehead atoms. The van der Waals surface area contributed by atoms with Crippen LogP contribution in [0.4, 0.5) is 23.0 Å². The molecule has 11 heteroatoms. The van der Waals surface area contributed by atoms with Crippen LogP contribution < -0.4 is 16.4 Å². The molecule has 0 radical (unpaired) electrons. The summed E-state index contributed by atoms with van der Waals surface area (Å²) in [6.07, 6.45) is 7.31. The van der Waals surface area contributed by atoms with Crippen molar-refractivity contribution in [2.45, 2.75) is 13.3 Å². The molecule has 0 saturated carbocycles. The van der Waals surface area contributed by atoms with Crippen LogP contribution in [0.2, 0.25) is 0 Å². The first-order valence-corrected chi connectivity index (χ1v) is 11.1. The highest BCUT2D eigenvalue weighted by molar-refractivity contribution is 5.96. The third-order valence-corrected chi connectivity index (χ3v) is 5.24. The molecule has 0 aliphatic rings. The summed E-state index contributed by atoms with van der Waals surface area (Å²) in [5.74, 6) is 6.35. The minimum Gasteiger partial charge on any atom is -0.364 e. The zero-order valence-electron chi connectivity index (χ0n) is 19.6. The molecule has 1 aromatic carbocycles. The van der Waals surface area contributed by atoms with Crippen molar-refractivity contribution in [3.8, 4) is 11.8 Å². The first-order chi connectivity index (χ1) is 17.5. The lowest BCUT2D eigenvalue weighted by atomic mass is 10.2. The van der Waals surface area contributed by atoms with Crippen molar-refractivity contribution in [1.29, 1.82) is 0 Å². The smallest absolute Gasteiger partial charge is 0.271 e. The number of aromatic nitrogens is 7. The van der Waals surface area contributed by atoms with Gasteiger partial charge in [0, 0.05) is 30.7 Å². The summed E-state index contributed by atoms with van der Waals surface area (Å²) in [4.78, 5) is 25.5. The van der Waals surface area contributed by atoms with Gasteiger partial charge in [0.2, 0.25) is 0 Å². The number of hydrogen-bond donors (Lipinski definition) is 3. The molecule has 36 heavy (non-hydrogen) atoms. The van der Waals surface area contributed by atoms with Gasteiger partial charge in [-0.05, 0) is 42.7 Å². The number of fused-ring (bicyclic) bond motifs is 1. The van der Waals surface area contributed by atoms with Crippen LogP contribution in [0.5, 0.6) is 0 Å². The van der Waals surface area contributed by atoms with Crippen LogP contribution in [0.25, 0.3) is 5.65 Å². The maximum Gasteiger partial charge on any atom is 0.271 e. The molecule has 1 amide bonds. The molecule has 4 heterocycles. The molecule has 0 aliphatic heterocycles. The minimum atomic E-state index is -0.672. The Morgan fingerprint density at radius 3 is 2.67 bits per heavy atom. The number of imidazole rings is 1. The lowest BCUT2D eigenvalue weighted by Crippen LogP contribution is -2.18. The number of nitrogens with two attached hydrogens (primary N) is 1. The molecule has 0 fully saturated rings. The molecular formula is C25H22N10O. The predicted molar refractivity (Wildman–Crippen MR) is 135 cm³/mol. The van der Waals surface area contributed by atoms with Gasteiger partial charge in [0.25, 0.3) is 5.91 Å². The van der Waals surface area contributed by atoms with Crippen LogP contribution >= 0.6 is 0 Å². The number of anilines is 4. The zero-order chi connectivity index (χ0) is 25.1. The normalized spacial score (nSPS) is 10.6. The fourth-order valence-corrected chi connectivity index (χ4v) is 3.56. The van der Waals surface area contributed by atoms with Crippen LogP contribution in [0.15, 0.2) is 61.2 Å². The first-order valence-electron chi connectivity index (χ1n) is 11.1. The summed E-state index contributed by atoms with van der Waals surface area (Å²) in [5.41, 5.74) is 9.88. The molecule has 0 saturated heterocycles. The molecule has 0 spiro atoms. The lowest BCUT2D eigenvalue weighted by molar-refractivity contribution is 0.0996. The van der Waals surface area contributed by atoms with Gasteiger partial charge in [-0.15, -0.1) is 0 Å². The van der Waals surface area contributed by atoms with Crippen LogP contribution in [-0.4, -0.2) is 40.3 Å². The monoisotopic (exact) mass is 478 g/mol. The molecule has 4 N–H and O–H groups in total. The number of carbonyl (C=O) groups excluding carboxylic acids is 1. The van der Waals surface area contributed by atoms with E-state index in [0.717, 1.165) is 16.9 Å². The van der Waals surface area contributed by atoms with Crippen molar-refractivity contribution in [3.63, 3.8) is 0 Å². The quantitative estimate of drug-likeness (QED) is 0.316. The van der Waals surface area contributed by atoms with Crippen molar-refractivity contribution < 1.29 is 4.79 Å². The molecule has 5 rings (SSSR count). The fraction of sp³-hybridized carbons (Fsp3) is 0.120. The number of aryl methyl sites for hydroxylation is 2. The Morgan fingerprint density at radius 1 is 1.03 bits per heavy atom. The second-order valence-corrected chi connectivity index (χ2v) is 7.85. The van der Waals surface area contributed by atoms with Crippen LogP contribution in [0, 0.1) is 11.8 Å². The summed E-state index contributed by atoms with van der Waals surface area (Å²) in [5, 5.41) is 14.8. The first kappa shape index (κ1) is 22.5. The van der Waals surface area contributed by atoms with Crippen molar-refractivity contribution in [1.82, 2.24) is 34.3 Å². The fourth-order valence-electron chi connectivity index (χ4n) is 3.56. The Bertz CT molecular complexity index is 1640. The molecule has 178 valence electrons. The summed E-state index contributed by atoms with van der Waals surface area (Å²) in [6.45, 7) is 1.93. The maximum atomic E-state index is 12.1. The number of nitrogens with zero attached hydrogens (tertiary/aromatic N) is 7. The summed E-state index contributed by atoms with van der Waals surface area (Å²) < 4.78 is 3.32. The Balaban J connectivity index is 1.45. The number of benzene rings is 1. The van der Waals surface area contributed by atoms with E-state index in [0.29, 0.717) is 29.3 Å². The lowest BCUT2D eigenvalue weighted by Gasteiger charge is -2.14. The molecule has 11 nitrogen and oxygen atoms in total. The third kappa shape index (κ3) is 4.69. The zero-order valence-corrected chi connectivity index (χ0v) is 19.6. The number of carbonyl (C=O) groups is 1. The van der Waals surface area contributed by atoms with Crippen LogP contribution in [-0.2, 0) is 13.5 Å². The largest absolute Gasteiger partial charge is 0.364 e. The second kappa shape index (κ2) is 9.55. The van der Waals surface area contributed by atoms with Gasteiger partial charge in [-0.3, -0.25) is 9.48 Å². The maximum absolute atomic E-state index is 12.1. The number of primary amides is 1. The number of rotatable bonds is 6. The number of nitrogens with one attached hydrogen (secondary N) is 2. The van der Waals surface area contributed by atoms with E-state index in [2.05, 4.69) is 47.6 Å². The summed E-state index contributed by atoms with van der Waals surface area (Å²) in [7, 11) is 1.79. The minimum absolute atomic E-state index is 0.0579. The average Bonchev–Trinajstić information content (AvgIpc) is 3.48. The van der Waals surface area contributed by atoms with Crippen LogP contribution in [0.3, 0.4) is 0 Å². The third-order valence-electron chi connectivity index (χ3n) is 5.24. The van der Waals surface area contributed by atoms with Crippen molar-refractivity contribution in [2.75, 3.05) is 10.6 Å². The molecule has 0 aliphatic carbocycles. The number of amides is 1. The Hall–Kier alpha value is -5.24. The average molecular weight is 479 g/mol. The summed E-state index contributed by atoms with van der Waals surface area (Å²) >= 11 is 0. The van der Waals surface area contributed by atoms with Gasteiger partial charge in [0.15, 0.2) is 23.0 Å². The molecule has 4 aromatic heterocycles. The number of hydrogen-bond acceptors (Lipinski definition) is 8. The van der Waals surface area contributed by atoms with E-state index < -0.39 is 5.91 Å². The van der Waals surface area contributed by atoms with Crippen molar-refractivity contribution in [3.05, 3.63) is 83.8 Å². The van der Waals surface area contributed by atoms with E-state index in [1.54, 1.807) is 41.0 Å². The van der Waals surface area contributed by atoms with E-state index in [4.69, 9.17) is 5.73 Å². The van der Waals surface area contributed by atoms with E-state index in [-0.39, 0.29) is 11.5 Å². The van der Waals surface area contributed by atoms with Crippen LogP contribution in [0.1, 0.15) is 34.4 Å². The van der Waals surface area contributed by atoms with E-state index in [1.807, 2.05) is 43.3 Å². The molecule has 0 atom stereocenters. The van der Waals surface area contributed by atoms with E-state index in [9.17, 15) is 4.79 Å². The standard InChI is InChI=1S/C25H22N10O/c1-3-20-24(33-25(22(32-20)23(26)36)31-18-13-29-34(2)15-18)30-17-7-4-6-16(12-17)9-10-19-14-27-21-8-5-11-28-35(19)21/h4-8,11-15H,3H2,1-2H3,(H2,26,36)(H2,30,31,33). The predicted octanol–water partition coefficient (Wildman–Crippen LogP) is 2.80. The van der Waals surface area contributed by atoms with Crippen molar-refractivity contribution >= 4 is 34.6 Å². The molecular weight excluding hydrogens is 456 g/mol. The topological polar surface area (TPSA) is 141 Å². The van der Waals surface area contributed by atoms with Gasteiger partial charge in [-0.2, -0.15) is 10.2 Å². The van der Waals surface area contributed by atoms with Gasteiger partial charge in [0.1, 0.15) is 5.69 Å². The summed E-state index contributed by atoms with van der Waals surface area (Å²) in [6, 6.07) is 11.3. The van der Waals surface area contributed by atoms with Gasteiger partial charge in [-0.1, -0.05) is 18.9 Å². The Kier molecular flexibility index (Phi) is 5.98. The SMILES string of the molecule is CCc1nc(C(N)=O)c(Nc2cnn(C)c2)nc1Nc1cccc(C#Cc2cnc3cccnn23)c1. The van der Waals surface area contributed by atoms with E-state index in [1.165, 1.54) is 0 Å². The highest BCUT2D eigenvalue weighted by Crippen LogP contribution is 2.25. The highest BCUT2D eigenvalue weighted by atomic mass is 16.1. The van der Waals surface area contributed by atoms with E-state index >= 15 is 0 Å². The second-order valence-electron chi connectivity index (χ2n) is 7.85. The van der Waals surface area contributed by atoms with Gasteiger partial charge < -0.3 is 16.4 Å². The van der Waals surface area contributed by atoms with Gasteiger partial charge in [-0.25, -0.2) is 19.5 Å². The van der Waals surface area contributed by atoms with Gasteiger partial charge in [0.05, 0.1) is 23.8 Å². The molecule has 0 unspecified atom stereocenters. The molecule has 5 aromatic rings. The van der Waals surface area contributed by atoms with Gasteiger partial charge >= 0.3 is 0 Å².